The summed E-state index contributed by atoms with van der Waals surface area (Å²) in [6.45, 7) is 3.62. The lowest BCUT2D eigenvalue weighted by atomic mass is 10.1. The van der Waals surface area contributed by atoms with Crippen LogP contribution in [0.4, 0.5) is 0 Å². The topological polar surface area (TPSA) is 42.1 Å². The largest absolute Gasteiger partial charge is 0.501 e. The van der Waals surface area contributed by atoms with Crippen LogP contribution >= 0.6 is 11.8 Å². The molecular weight excluding hydrogens is 258 g/mol. The van der Waals surface area contributed by atoms with E-state index in [9.17, 15) is 4.79 Å². The number of nitrogens with one attached hydrogen (secondary N) is 1. The van der Waals surface area contributed by atoms with E-state index in [-0.39, 0.29) is 5.43 Å². The minimum absolute atomic E-state index is 0.00172. The Morgan fingerprint density at radius 2 is 2.37 bits per heavy atom. The number of hydrogen-bond donors (Lipinski definition) is 1. The Hall–Kier alpha value is -1.94. The van der Waals surface area contributed by atoms with Crippen LogP contribution in [0.2, 0.25) is 0 Å². The number of thioether (sulfide) groups is 1. The van der Waals surface area contributed by atoms with Gasteiger partial charge in [-0.3, -0.25) is 4.79 Å². The SMILES string of the molecule is C=CS/C=C/c1cc(=O)c2c([nH]1)C=C(OC)CC=C2. The van der Waals surface area contributed by atoms with Crippen molar-refractivity contribution in [2.75, 3.05) is 7.11 Å². The maximum atomic E-state index is 12.1. The van der Waals surface area contributed by atoms with Crippen LogP contribution in [-0.4, -0.2) is 12.1 Å². The van der Waals surface area contributed by atoms with Gasteiger partial charge in [-0.25, -0.2) is 0 Å². The molecule has 0 unspecified atom stereocenters. The number of rotatable bonds is 4. The van der Waals surface area contributed by atoms with Gasteiger partial charge in [0.25, 0.3) is 0 Å². The van der Waals surface area contributed by atoms with E-state index in [4.69, 9.17) is 4.74 Å². The van der Waals surface area contributed by atoms with Crippen molar-refractivity contribution in [2.45, 2.75) is 6.42 Å². The van der Waals surface area contributed by atoms with E-state index in [1.54, 1.807) is 18.6 Å². The molecule has 0 aliphatic heterocycles. The van der Waals surface area contributed by atoms with E-state index in [0.29, 0.717) is 12.0 Å². The Bertz CT molecular complexity index is 624. The summed E-state index contributed by atoms with van der Waals surface area (Å²) in [6, 6.07) is 1.59. The zero-order chi connectivity index (χ0) is 13.7. The zero-order valence-electron chi connectivity index (χ0n) is 10.7. The Kier molecular flexibility index (Phi) is 4.47. The fourth-order valence-electron chi connectivity index (χ4n) is 1.81. The zero-order valence-corrected chi connectivity index (χ0v) is 11.5. The van der Waals surface area contributed by atoms with Crippen molar-refractivity contribution >= 4 is 30.0 Å². The van der Waals surface area contributed by atoms with Crippen molar-refractivity contribution in [3.8, 4) is 0 Å². The van der Waals surface area contributed by atoms with Crippen molar-refractivity contribution in [2.24, 2.45) is 0 Å². The molecule has 3 nitrogen and oxygen atoms in total. The number of hydrogen-bond acceptors (Lipinski definition) is 3. The van der Waals surface area contributed by atoms with E-state index in [0.717, 1.165) is 17.1 Å². The molecular formula is C15H15NO2S. The molecule has 1 aromatic rings. The first kappa shape index (κ1) is 13.5. The maximum Gasteiger partial charge on any atom is 0.189 e. The van der Waals surface area contributed by atoms with Gasteiger partial charge in [0.1, 0.15) is 5.76 Å². The third-order valence-electron chi connectivity index (χ3n) is 2.71. The van der Waals surface area contributed by atoms with E-state index in [1.807, 2.05) is 29.7 Å². The lowest BCUT2D eigenvalue weighted by Gasteiger charge is -2.04. The van der Waals surface area contributed by atoms with E-state index >= 15 is 0 Å². The van der Waals surface area contributed by atoms with Crippen molar-refractivity contribution in [1.82, 2.24) is 4.98 Å². The van der Waals surface area contributed by atoms with Crippen molar-refractivity contribution in [3.63, 3.8) is 0 Å². The molecule has 4 heteroatoms. The molecule has 0 fully saturated rings. The van der Waals surface area contributed by atoms with E-state index < -0.39 is 0 Å². The lowest BCUT2D eigenvalue weighted by Crippen LogP contribution is -2.08. The maximum absolute atomic E-state index is 12.1. The van der Waals surface area contributed by atoms with Crippen LogP contribution in [-0.2, 0) is 4.74 Å². The van der Waals surface area contributed by atoms with Crippen LogP contribution in [0.25, 0.3) is 18.2 Å². The van der Waals surface area contributed by atoms with E-state index in [2.05, 4.69) is 11.6 Å². The monoisotopic (exact) mass is 273 g/mol. The minimum Gasteiger partial charge on any atom is -0.501 e. The van der Waals surface area contributed by atoms with Gasteiger partial charge in [0.15, 0.2) is 5.43 Å². The Labute approximate surface area is 116 Å². The minimum atomic E-state index is 0.00172. The third kappa shape index (κ3) is 3.29. The second-order valence-corrected chi connectivity index (χ2v) is 4.82. The van der Waals surface area contributed by atoms with Crippen LogP contribution in [0.5, 0.6) is 0 Å². The number of fused-ring (bicyclic) bond motifs is 1. The summed E-state index contributed by atoms with van der Waals surface area (Å²) in [6.07, 6.45) is 8.18. The van der Waals surface area contributed by atoms with Gasteiger partial charge in [-0.15, -0.1) is 11.8 Å². The average Bonchev–Trinajstić information content (AvgIpc) is 2.61. The van der Waals surface area contributed by atoms with Gasteiger partial charge in [0, 0.05) is 29.8 Å². The Morgan fingerprint density at radius 1 is 1.53 bits per heavy atom. The van der Waals surface area contributed by atoms with Crippen molar-refractivity contribution < 1.29 is 4.74 Å². The normalized spacial score (nSPS) is 13.8. The molecule has 0 saturated carbocycles. The first-order valence-electron chi connectivity index (χ1n) is 5.86. The van der Waals surface area contributed by atoms with Gasteiger partial charge in [-0.1, -0.05) is 18.7 Å². The van der Waals surface area contributed by atoms with Crippen molar-refractivity contribution in [1.29, 1.82) is 0 Å². The van der Waals surface area contributed by atoms with E-state index in [1.165, 1.54) is 11.8 Å². The molecule has 0 spiro atoms. The summed E-state index contributed by atoms with van der Waals surface area (Å²) < 4.78 is 5.26. The van der Waals surface area contributed by atoms with Crippen LogP contribution in [0.15, 0.2) is 40.1 Å². The summed E-state index contributed by atoms with van der Waals surface area (Å²) >= 11 is 1.46. The second-order valence-electron chi connectivity index (χ2n) is 3.94. The number of methoxy groups -OCH3 is 1. The van der Waals surface area contributed by atoms with Crippen LogP contribution in [0, 0.1) is 0 Å². The Morgan fingerprint density at radius 3 is 3.11 bits per heavy atom. The summed E-state index contributed by atoms with van der Waals surface area (Å²) in [5, 5.41) is 3.60. The van der Waals surface area contributed by atoms with Crippen LogP contribution in [0.3, 0.4) is 0 Å². The Balaban J connectivity index is 2.47. The number of aromatic amines is 1. The summed E-state index contributed by atoms with van der Waals surface area (Å²) in [4.78, 5) is 15.3. The molecule has 0 atom stereocenters. The predicted molar refractivity (Wildman–Crippen MR) is 82.5 cm³/mol. The molecule has 0 radical (unpaired) electrons. The second kappa shape index (κ2) is 6.29. The molecule has 98 valence electrons. The van der Waals surface area contributed by atoms with Gasteiger partial charge in [0.05, 0.1) is 12.8 Å². The van der Waals surface area contributed by atoms with Crippen molar-refractivity contribution in [3.05, 3.63) is 62.5 Å². The highest BCUT2D eigenvalue weighted by Crippen LogP contribution is 2.18. The molecule has 0 aromatic carbocycles. The molecule has 2 rings (SSSR count). The van der Waals surface area contributed by atoms with Gasteiger partial charge < -0.3 is 9.72 Å². The lowest BCUT2D eigenvalue weighted by molar-refractivity contribution is 0.289. The predicted octanol–water partition coefficient (Wildman–Crippen LogP) is 3.63. The molecule has 0 amide bonds. The van der Waals surface area contributed by atoms with Gasteiger partial charge in [-0.05, 0) is 16.9 Å². The third-order valence-corrected chi connectivity index (χ3v) is 3.20. The van der Waals surface area contributed by atoms with Gasteiger partial charge >= 0.3 is 0 Å². The summed E-state index contributed by atoms with van der Waals surface area (Å²) in [5.41, 5.74) is 2.21. The number of allylic oxidation sites excluding steroid dienone is 1. The molecule has 1 N–H and O–H groups in total. The molecule has 19 heavy (non-hydrogen) atoms. The summed E-state index contributed by atoms with van der Waals surface area (Å²) in [7, 11) is 1.63. The fraction of sp³-hybridized carbons (Fsp3) is 0.133. The summed E-state index contributed by atoms with van der Waals surface area (Å²) in [5.74, 6) is 0.826. The smallest absolute Gasteiger partial charge is 0.189 e. The highest BCUT2D eigenvalue weighted by molar-refractivity contribution is 8.05. The number of H-pyrrole nitrogens is 1. The number of ether oxygens (including phenoxy) is 1. The highest BCUT2D eigenvalue weighted by atomic mass is 32.2. The molecule has 1 heterocycles. The quantitative estimate of drug-likeness (QED) is 0.911. The standard InChI is InChI=1S/C15H15NO2S/c1-3-19-8-7-11-9-15(17)13-6-4-5-12(18-2)10-14(13)16-11/h3-4,6-10H,1,5H2,2H3,(H,16,17)/b8-7+. The highest BCUT2D eigenvalue weighted by Gasteiger charge is 2.09. The number of aromatic nitrogens is 1. The molecule has 1 aliphatic rings. The van der Waals surface area contributed by atoms with Crippen LogP contribution in [0.1, 0.15) is 23.4 Å². The van der Waals surface area contributed by atoms with Gasteiger partial charge in [0.2, 0.25) is 0 Å². The molecule has 0 bridgehead atoms. The molecule has 1 aliphatic carbocycles. The fourth-order valence-corrected chi connectivity index (χ4v) is 2.15. The molecule has 0 saturated heterocycles. The average molecular weight is 273 g/mol. The number of pyridine rings is 1. The van der Waals surface area contributed by atoms with Gasteiger partial charge in [-0.2, -0.15) is 0 Å². The first-order chi connectivity index (χ1) is 9.24. The van der Waals surface area contributed by atoms with Crippen LogP contribution < -0.4 is 5.43 Å². The first-order valence-corrected chi connectivity index (χ1v) is 6.80. The molecule has 1 aromatic heterocycles.